The van der Waals surface area contributed by atoms with Crippen molar-refractivity contribution < 1.29 is 0 Å². The molecule has 2 N–H and O–H groups in total. The molecular weight excluding hydrogens is 152 g/mol. The summed E-state index contributed by atoms with van der Waals surface area (Å²) in [5.41, 5.74) is 5.85. The molecule has 0 amide bonds. The van der Waals surface area contributed by atoms with Crippen molar-refractivity contribution in [1.82, 2.24) is 14.8 Å². The van der Waals surface area contributed by atoms with E-state index in [1.807, 2.05) is 18.5 Å². The highest BCUT2D eigenvalue weighted by Gasteiger charge is 2.32. The maximum Gasteiger partial charge on any atom is 0.137 e. The molecule has 1 aliphatic rings. The summed E-state index contributed by atoms with van der Waals surface area (Å²) in [4.78, 5) is 0. The first-order valence-corrected chi connectivity index (χ1v) is 4.31. The van der Waals surface area contributed by atoms with Crippen LogP contribution in [-0.4, -0.2) is 20.8 Å². The van der Waals surface area contributed by atoms with Crippen LogP contribution in [-0.2, 0) is 7.05 Å². The van der Waals surface area contributed by atoms with Gasteiger partial charge in [-0.2, -0.15) is 0 Å². The molecule has 66 valence electrons. The van der Waals surface area contributed by atoms with Gasteiger partial charge >= 0.3 is 0 Å². The van der Waals surface area contributed by atoms with Gasteiger partial charge in [0.25, 0.3) is 0 Å². The highest BCUT2D eigenvalue weighted by molar-refractivity contribution is 5.08. The minimum absolute atomic E-state index is 0.298. The first kappa shape index (κ1) is 7.73. The van der Waals surface area contributed by atoms with Crippen LogP contribution >= 0.6 is 0 Å². The normalized spacial score (nSPS) is 28.6. The highest BCUT2D eigenvalue weighted by Crippen LogP contribution is 2.34. The van der Waals surface area contributed by atoms with Gasteiger partial charge in [-0.05, 0) is 19.8 Å². The monoisotopic (exact) mass is 166 g/mol. The first-order chi connectivity index (χ1) is 5.70. The lowest BCUT2D eigenvalue weighted by atomic mass is 9.79. The predicted molar refractivity (Wildman–Crippen MR) is 45.7 cm³/mol. The third kappa shape index (κ3) is 0.948. The largest absolute Gasteiger partial charge is 0.327 e. The smallest absolute Gasteiger partial charge is 0.137 e. The van der Waals surface area contributed by atoms with Gasteiger partial charge in [0.05, 0.1) is 0 Å². The molecule has 2 unspecified atom stereocenters. The second kappa shape index (κ2) is 2.55. The summed E-state index contributed by atoms with van der Waals surface area (Å²) in [5, 5.41) is 8.13. The second-order valence-corrected chi connectivity index (χ2v) is 3.51. The molecule has 0 bridgehead atoms. The van der Waals surface area contributed by atoms with E-state index < -0.39 is 0 Å². The van der Waals surface area contributed by atoms with Crippen LogP contribution in [0.1, 0.15) is 30.4 Å². The molecule has 2 rings (SSSR count). The van der Waals surface area contributed by atoms with Gasteiger partial charge in [0.15, 0.2) is 0 Å². The fourth-order valence-electron chi connectivity index (χ4n) is 1.59. The summed E-state index contributed by atoms with van der Waals surface area (Å²) < 4.78 is 2.03. The fourth-order valence-corrected chi connectivity index (χ4v) is 1.59. The van der Waals surface area contributed by atoms with Crippen LogP contribution in [0.5, 0.6) is 0 Å². The minimum Gasteiger partial charge on any atom is -0.327 e. The molecule has 1 heterocycles. The zero-order valence-corrected chi connectivity index (χ0v) is 7.49. The molecular formula is C8H14N4. The Morgan fingerprint density at radius 1 is 1.42 bits per heavy atom. The van der Waals surface area contributed by atoms with Crippen LogP contribution in [0, 0.1) is 6.92 Å². The van der Waals surface area contributed by atoms with Crippen LogP contribution in [0.15, 0.2) is 0 Å². The Bertz CT molecular complexity index is 291. The van der Waals surface area contributed by atoms with Crippen molar-refractivity contribution in [2.75, 3.05) is 0 Å². The Kier molecular flexibility index (Phi) is 1.65. The van der Waals surface area contributed by atoms with Crippen molar-refractivity contribution in [3.8, 4) is 0 Å². The van der Waals surface area contributed by atoms with E-state index in [1.54, 1.807) is 0 Å². The lowest BCUT2D eigenvalue weighted by Gasteiger charge is -2.32. The van der Waals surface area contributed by atoms with Crippen molar-refractivity contribution in [2.45, 2.75) is 31.7 Å². The Balaban J connectivity index is 2.28. The van der Waals surface area contributed by atoms with Crippen molar-refractivity contribution in [3.05, 3.63) is 11.6 Å². The molecule has 2 atom stereocenters. The van der Waals surface area contributed by atoms with Gasteiger partial charge in [-0.15, -0.1) is 10.2 Å². The van der Waals surface area contributed by atoms with Crippen molar-refractivity contribution in [1.29, 1.82) is 0 Å². The van der Waals surface area contributed by atoms with Crippen LogP contribution in [0.2, 0.25) is 0 Å². The lowest BCUT2D eigenvalue weighted by molar-refractivity contribution is 0.326. The Hall–Kier alpha value is -0.900. The van der Waals surface area contributed by atoms with E-state index in [1.165, 1.54) is 0 Å². The molecule has 0 spiro atoms. The van der Waals surface area contributed by atoms with Crippen LogP contribution < -0.4 is 5.73 Å². The molecule has 0 aromatic carbocycles. The average Bonchev–Trinajstić information content (AvgIpc) is 2.34. The van der Waals surface area contributed by atoms with E-state index in [0.29, 0.717) is 12.0 Å². The van der Waals surface area contributed by atoms with E-state index in [9.17, 15) is 0 Å². The quantitative estimate of drug-likeness (QED) is 0.654. The first-order valence-electron chi connectivity index (χ1n) is 4.31. The highest BCUT2D eigenvalue weighted by atomic mass is 15.3. The molecule has 1 aromatic rings. The van der Waals surface area contributed by atoms with E-state index in [4.69, 9.17) is 5.73 Å². The van der Waals surface area contributed by atoms with Crippen LogP contribution in [0.4, 0.5) is 0 Å². The van der Waals surface area contributed by atoms with Crippen molar-refractivity contribution in [3.63, 3.8) is 0 Å². The number of hydrogen-bond acceptors (Lipinski definition) is 3. The topological polar surface area (TPSA) is 56.7 Å². The number of hydrogen-bond donors (Lipinski definition) is 1. The molecule has 4 nitrogen and oxygen atoms in total. The maximum absolute atomic E-state index is 5.85. The SMILES string of the molecule is Cc1nnc(C2CCC2N)n1C. The number of aromatic nitrogens is 3. The number of aryl methyl sites for hydroxylation is 1. The van der Waals surface area contributed by atoms with E-state index in [-0.39, 0.29) is 0 Å². The maximum atomic E-state index is 5.85. The summed E-state index contributed by atoms with van der Waals surface area (Å²) in [6.45, 7) is 1.96. The van der Waals surface area contributed by atoms with Gasteiger partial charge in [-0.3, -0.25) is 0 Å². The molecule has 4 heteroatoms. The van der Waals surface area contributed by atoms with Gasteiger partial charge in [0.1, 0.15) is 11.6 Å². The summed E-state index contributed by atoms with van der Waals surface area (Å²) in [6, 6.07) is 0.298. The third-order valence-electron chi connectivity index (χ3n) is 2.79. The summed E-state index contributed by atoms with van der Waals surface area (Å²) in [5.74, 6) is 2.45. The van der Waals surface area contributed by atoms with Crippen LogP contribution in [0.3, 0.4) is 0 Å². The summed E-state index contributed by atoms with van der Waals surface area (Å²) >= 11 is 0. The van der Waals surface area contributed by atoms with E-state index in [0.717, 1.165) is 24.5 Å². The molecule has 1 aliphatic carbocycles. The molecule has 0 saturated heterocycles. The number of rotatable bonds is 1. The Morgan fingerprint density at radius 2 is 2.17 bits per heavy atom. The number of nitrogens with two attached hydrogens (primary N) is 1. The molecule has 0 radical (unpaired) electrons. The van der Waals surface area contributed by atoms with Crippen molar-refractivity contribution in [2.24, 2.45) is 12.8 Å². The molecule has 0 aliphatic heterocycles. The van der Waals surface area contributed by atoms with Gasteiger partial charge in [0.2, 0.25) is 0 Å². The Labute approximate surface area is 71.8 Å². The van der Waals surface area contributed by atoms with Gasteiger partial charge < -0.3 is 10.3 Å². The van der Waals surface area contributed by atoms with E-state index in [2.05, 4.69) is 10.2 Å². The van der Waals surface area contributed by atoms with Crippen molar-refractivity contribution >= 4 is 0 Å². The summed E-state index contributed by atoms with van der Waals surface area (Å²) in [7, 11) is 2.00. The molecule has 1 aromatic heterocycles. The lowest BCUT2D eigenvalue weighted by Crippen LogP contribution is -2.38. The molecule has 1 saturated carbocycles. The van der Waals surface area contributed by atoms with Crippen LogP contribution in [0.25, 0.3) is 0 Å². The zero-order chi connectivity index (χ0) is 8.72. The Morgan fingerprint density at radius 3 is 2.50 bits per heavy atom. The number of nitrogens with zero attached hydrogens (tertiary/aromatic N) is 3. The minimum atomic E-state index is 0.298. The fraction of sp³-hybridized carbons (Fsp3) is 0.750. The van der Waals surface area contributed by atoms with E-state index >= 15 is 0 Å². The molecule has 12 heavy (non-hydrogen) atoms. The average molecular weight is 166 g/mol. The van der Waals surface area contributed by atoms with Gasteiger partial charge in [0, 0.05) is 19.0 Å². The zero-order valence-electron chi connectivity index (χ0n) is 7.49. The van der Waals surface area contributed by atoms with Gasteiger partial charge in [-0.1, -0.05) is 0 Å². The second-order valence-electron chi connectivity index (χ2n) is 3.51. The summed E-state index contributed by atoms with van der Waals surface area (Å²) in [6.07, 6.45) is 2.28. The predicted octanol–water partition coefficient (Wildman–Crippen LogP) is 0.328. The third-order valence-corrected chi connectivity index (χ3v) is 2.79. The molecule has 1 fully saturated rings. The van der Waals surface area contributed by atoms with Gasteiger partial charge in [-0.25, -0.2) is 0 Å². The standard InChI is InChI=1S/C8H14N4/c1-5-10-11-8(12(5)2)6-3-4-7(6)9/h6-7H,3-4,9H2,1-2H3.